The summed E-state index contributed by atoms with van der Waals surface area (Å²) >= 11 is 3.56. The molecule has 0 saturated carbocycles. The second-order valence-electron chi connectivity index (χ2n) is 4.30. The Morgan fingerprint density at radius 1 is 1.55 bits per heavy atom. The molecular weight excluding hydrogens is 403 g/mol. The molecule has 0 bridgehead atoms. The molecule has 7 heteroatoms. The molecule has 1 aromatic heterocycles. The smallest absolute Gasteiger partial charge is 0.194 e. The van der Waals surface area contributed by atoms with Crippen molar-refractivity contribution < 1.29 is 0 Å². The molecule has 4 nitrogen and oxygen atoms in total. The van der Waals surface area contributed by atoms with Crippen LogP contribution in [0, 0.1) is 6.92 Å². The lowest BCUT2D eigenvalue weighted by atomic mass is 10.4. The van der Waals surface area contributed by atoms with E-state index in [4.69, 9.17) is 0 Å². The molecule has 1 heterocycles. The quantitative estimate of drug-likeness (QED) is 0.313. The molecule has 1 N–H and O–H groups in total. The van der Waals surface area contributed by atoms with Crippen molar-refractivity contribution in [1.29, 1.82) is 0 Å². The van der Waals surface area contributed by atoms with Gasteiger partial charge >= 0.3 is 0 Å². The van der Waals surface area contributed by atoms with Crippen LogP contribution < -0.4 is 5.32 Å². The van der Waals surface area contributed by atoms with Crippen molar-refractivity contribution in [2.45, 2.75) is 26.8 Å². The fourth-order valence-electron chi connectivity index (χ4n) is 1.66. The Hall–Kier alpha value is -0.0200. The lowest BCUT2D eigenvalue weighted by molar-refractivity contribution is 0.471. The summed E-state index contributed by atoms with van der Waals surface area (Å²) < 4.78 is 0. The van der Waals surface area contributed by atoms with Crippen LogP contribution in [0.4, 0.5) is 0 Å². The van der Waals surface area contributed by atoms with E-state index in [2.05, 4.69) is 45.8 Å². The summed E-state index contributed by atoms with van der Waals surface area (Å²) in [4.78, 5) is 11.3. The third kappa shape index (κ3) is 7.68. The largest absolute Gasteiger partial charge is 0.357 e. The van der Waals surface area contributed by atoms with Crippen LogP contribution in [0.1, 0.15) is 24.0 Å². The minimum atomic E-state index is 0. The van der Waals surface area contributed by atoms with Crippen LogP contribution in [-0.2, 0) is 6.54 Å². The highest BCUT2D eigenvalue weighted by Gasteiger charge is 2.08. The summed E-state index contributed by atoms with van der Waals surface area (Å²) in [5, 5.41) is 6.56. The second kappa shape index (κ2) is 11.6. The summed E-state index contributed by atoms with van der Waals surface area (Å²) in [5.74, 6) is 2.13. The van der Waals surface area contributed by atoms with Crippen molar-refractivity contribution in [2.24, 2.45) is 4.99 Å². The van der Waals surface area contributed by atoms with E-state index in [-0.39, 0.29) is 24.0 Å². The van der Waals surface area contributed by atoms with Crippen LogP contribution in [-0.4, -0.2) is 48.0 Å². The minimum absolute atomic E-state index is 0. The van der Waals surface area contributed by atoms with Crippen LogP contribution in [0.15, 0.2) is 10.4 Å². The zero-order valence-corrected chi connectivity index (χ0v) is 16.6. The standard InChI is InChI=1S/C13H24N4S2.HI/c1-5-14-13(15-7-6-8-18-4)17(3)9-12-10-19-11(2)16-12;/h10H,5-9H2,1-4H3,(H,14,15);1H. The molecule has 0 aliphatic carbocycles. The number of aliphatic imine (C=N–C) groups is 1. The molecular formula is C13H25IN4S2. The molecule has 0 atom stereocenters. The molecule has 0 saturated heterocycles. The molecule has 0 unspecified atom stereocenters. The van der Waals surface area contributed by atoms with Gasteiger partial charge in [0.05, 0.1) is 17.2 Å². The average Bonchev–Trinajstić information content (AvgIpc) is 2.78. The van der Waals surface area contributed by atoms with E-state index in [1.165, 1.54) is 0 Å². The molecule has 0 aromatic carbocycles. The maximum absolute atomic E-state index is 4.65. The number of thioether (sulfide) groups is 1. The molecule has 0 fully saturated rings. The zero-order chi connectivity index (χ0) is 14.1. The zero-order valence-electron chi connectivity index (χ0n) is 12.7. The number of thiazole rings is 1. The van der Waals surface area contributed by atoms with Gasteiger partial charge in [-0.2, -0.15) is 11.8 Å². The fourth-order valence-corrected chi connectivity index (χ4v) is 2.68. The molecule has 0 aliphatic heterocycles. The summed E-state index contributed by atoms with van der Waals surface area (Å²) in [6.45, 7) is 6.71. The number of hydrogen-bond donors (Lipinski definition) is 1. The summed E-state index contributed by atoms with van der Waals surface area (Å²) in [6, 6.07) is 0. The van der Waals surface area contributed by atoms with Gasteiger partial charge in [-0.1, -0.05) is 0 Å². The second-order valence-corrected chi connectivity index (χ2v) is 6.34. The lowest BCUT2D eigenvalue weighted by Crippen LogP contribution is -2.38. The van der Waals surface area contributed by atoms with Gasteiger partial charge in [-0.05, 0) is 32.3 Å². The van der Waals surface area contributed by atoms with Gasteiger partial charge in [0.2, 0.25) is 0 Å². The van der Waals surface area contributed by atoms with Gasteiger partial charge in [-0.15, -0.1) is 35.3 Å². The van der Waals surface area contributed by atoms with Crippen molar-refractivity contribution in [3.63, 3.8) is 0 Å². The van der Waals surface area contributed by atoms with Crippen molar-refractivity contribution in [3.8, 4) is 0 Å². The Morgan fingerprint density at radius 2 is 2.30 bits per heavy atom. The number of nitrogens with zero attached hydrogens (tertiary/aromatic N) is 3. The minimum Gasteiger partial charge on any atom is -0.357 e. The molecule has 0 spiro atoms. The predicted molar refractivity (Wildman–Crippen MR) is 103 cm³/mol. The van der Waals surface area contributed by atoms with Crippen LogP contribution in [0.5, 0.6) is 0 Å². The van der Waals surface area contributed by atoms with Crippen molar-refractivity contribution in [3.05, 3.63) is 16.1 Å². The van der Waals surface area contributed by atoms with Crippen molar-refractivity contribution in [2.75, 3.05) is 32.1 Å². The van der Waals surface area contributed by atoms with Crippen LogP contribution in [0.2, 0.25) is 0 Å². The Labute approximate surface area is 147 Å². The summed E-state index contributed by atoms with van der Waals surface area (Å²) in [5.41, 5.74) is 1.11. The van der Waals surface area contributed by atoms with Gasteiger partial charge in [0.1, 0.15) is 0 Å². The van der Waals surface area contributed by atoms with Gasteiger partial charge in [-0.25, -0.2) is 4.98 Å². The lowest BCUT2D eigenvalue weighted by Gasteiger charge is -2.21. The monoisotopic (exact) mass is 428 g/mol. The van der Waals surface area contributed by atoms with E-state index >= 15 is 0 Å². The third-order valence-corrected chi connectivity index (χ3v) is 4.05. The van der Waals surface area contributed by atoms with Crippen LogP contribution >= 0.6 is 47.1 Å². The number of hydrogen-bond acceptors (Lipinski definition) is 4. The molecule has 0 radical (unpaired) electrons. The Bertz CT molecular complexity index is 395. The number of nitrogens with one attached hydrogen (secondary N) is 1. The van der Waals surface area contributed by atoms with Gasteiger partial charge in [0.15, 0.2) is 5.96 Å². The topological polar surface area (TPSA) is 40.5 Å². The van der Waals surface area contributed by atoms with E-state index in [1.807, 2.05) is 18.7 Å². The summed E-state index contributed by atoms with van der Waals surface area (Å²) in [7, 11) is 2.06. The highest BCUT2D eigenvalue weighted by Crippen LogP contribution is 2.09. The number of rotatable bonds is 7. The SMILES string of the molecule is CCNC(=NCCCSC)N(C)Cc1csc(C)n1.I. The van der Waals surface area contributed by atoms with E-state index < -0.39 is 0 Å². The number of aryl methyl sites for hydroxylation is 1. The maximum atomic E-state index is 4.65. The molecule has 0 amide bonds. The average molecular weight is 428 g/mol. The molecule has 1 aromatic rings. The van der Waals surface area contributed by atoms with E-state index in [0.717, 1.165) is 48.5 Å². The van der Waals surface area contributed by atoms with Crippen LogP contribution in [0.25, 0.3) is 0 Å². The first kappa shape index (κ1) is 20.0. The van der Waals surface area contributed by atoms with E-state index in [9.17, 15) is 0 Å². The number of halogens is 1. The predicted octanol–water partition coefficient (Wildman–Crippen LogP) is 3.22. The summed E-state index contributed by atoms with van der Waals surface area (Å²) in [6.07, 6.45) is 3.26. The van der Waals surface area contributed by atoms with Crippen molar-refractivity contribution >= 4 is 53.0 Å². The first-order chi connectivity index (χ1) is 9.17. The van der Waals surface area contributed by atoms with Gasteiger partial charge < -0.3 is 10.2 Å². The normalized spacial score (nSPS) is 11.1. The van der Waals surface area contributed by atoms with Crippen molar-refractivity contribution in [1.82, 2.24) is 15.2 Å². The number of guanidine groups is 1. The Kier molecular flexibility index (Phi) is 11.6. The van der Waals surface area contributed by atoms with Gasteiger partial charge in [0.25, 0.3) is 0 Å². The third-order valence-electron chi connectivity index (χ3n) is 2.53. The molecule has 0 aliphatic rings. The van der Waals surface area contributed by atoms with Gasteiger partial charge in [0, 0.05) is 25.5 Å². The Morgan fingerprint density at radius 3 is 2.85 bits per heavy atom. The van der Waals surface area contributed by atoms with Gasteiger partial charge in [-0.3, -0.25) is 4.99 Å². The molecule has 1 rings (SSSR count). The highest BCUT2D eigenvalue weighted by atomic mass is 127. The fraction of sp³-hybridized carbons (Fsp3) is 0.692. The van der Waals surface area contributed by atoms with E-state index in [1.54, 1.807) is 11.3 Å². The first-order valence-electron chi connectivity index (χ1n) is 6.56. The maximum Gasteiger partial charge on any atom is 0.194 e. The van der Waals surface area contributed by atoms with E-state index in [0.29, 0.717) is 0 Å². The highest BCUT2D eigenvalue weighted by molar-refractivity contribution is 14.0. The number of aromatic nitrogens is 1. The van der Waals surface area contributed by atoms with Crippen LogP contribution in [0.3, 0.4) is 0 Å². The molecule has 116 valence electrons. The first-order valence-corrected chi connectivity index (χ1v) is 8.84. The Balaban J connectivity index is 0.00000361. The molecule has 20 heavy (non-hydrogen) atoms.